The Kier molecular flexibility index (Phi) is 7.04. The Morgan fingerprint density at radius 3 is 2.34 bits per heavy atom. The van der Waals surface area contributed by atoms with Crippen LogP contribution in [0.2, 0.25) is 0 Å². The normalized spacial score (nSPS) is 15.0. The van der Waals surface area contributed by atoms with E-state index in [1.807, 2.05) is 29.6 Å². The first kappa shape index (κ1) is 23.0. The van der Waals surface area contributed by atoms with Crippen LogP contribution in [0.1, 0.15) is 11.3 Å². The fourth-order valence-electron chi connectivity index (χ4n) is 3.60. The van der Waals surface area contributed by atoms with Crippen molar-refractivity contribution in [3.8, 4) is 11.5 Å². The molecule has 170 valence electrons. The van der Waals surface area contributed by atoms with Crippen molar-refractivity contribution in [2.45, 2.75) is 11.3 Å². The Bertz CT molecular complexity index is 1170. The molecule has 0 N–H and O–H groups in total. The van der Waals surface area contributed by atoms with Crippen molar-refractivity contribution in [3.63, 3.8) is 0 Å². The Labute approximate surface area is 200 Å². The first-order chi connectivity index (χ1) is 15.4. The zero-order valence-corrected chi connectivity index (χ0v) is 21.0. The summed E-state index contributed by atoms with van der Waals surface area (Å²) in [6.45, 7) is 2.06. The fraction of sp³-hybridized carbons (Fsp3) is 0.318. The summed E-state index contributed by atoms with van der Waals surface area (Å²) in [5.41, 5.74) is 2.02. The van der Waals surface area contributed by atoms with E-state index in [2.05, 4.69) is 20.8 Å². The molecule has 0 amide bonds. The molecular weight excluding hydrogens is 514 g/mol. The second-order valence-corrected chi connectivity index (χ2v) is 11.1. The van der Waals surface area contributed by atoms with Crippen molar-refractivity contribution >= 4 is 42.4 Å². The molecule has 1 fully saturated rings. The molecule has 0 spiro atoms. The third-order valence-electron chi connectivity index (χ3n) is 5.28. The SMILES string of the molecule is COc1cc(Cc2csc(N3CCN(S(=O)(=O)c4cccc(Br)c4)CC3)n2)cc(OC)c1. The van der Waals surface area contributed by atoms with Gasteiger partial charge in [-0.25, -0.2) is 13.4 Å². The van der Waals surface area contributed by atoms with Crippen LogP contribution in [-0.4, -0.2) is 58.1 Å². The van der Waals surface area contributed by atoms with E-state index >= 15 is 0 Å². The molecule has 0 bridgehead atoms. The summed E-state index contributed by atoms with van der Waals surface area (Å²) in [5.74, 6) is 1.50. The highest BCUT2D eigenvalue weighted by Crippen LogP contribution is 2.28. The van der Waals surface area contributed by atoms with Crippen LogP contribution < -0.4 is 14.4 Å². The van der Waals surface area contributed by atoms with Crippen LogP contribution in [0.5, 0.6) is 11.5 Å². The maximum Gasteiger partial charge on any atom is 0.243 e. The van der Waals surface area contributed by atoms with Crippen molar-refractivity contribution in [2.24, 2.45) is 0 Å². The number of nitrogens with zero attached hydrogens (tertiary/aromatic N) is 3. The van der Waals surface area contributed by atoms with Crippen LogP contribution in [0.25, 0.3) is 0 Å². The number of methoxy groups -OCH3 is 2. The average molecular weight is 538 g/mol. The average Bonchev–Trinajstić information content (AvgIpc) is 3.27. The van der Waals surface area contributed by atoms with Crippen LogP contribution in [0.15, 0.2) is 57.2 Å². The molecule has 0 atom stereocenters. The quantitative estimate of drug-likeness (QED) is 0.453. The standard InChI is InChI=1S/C22H24BrN3O4S2/c1-29-19-11-16(12-20(14-19)30-2)10-18-15-31-22(24-18)25-6-8-26(9-7-25)32(27,28)21-5-3-4-17(23)13-21/h3-5,11-15H,6-10H2,1-2H3. The van der Waals surface area contributed by atoms with Crippen molar-refractivity contribution in [3.05, 3.63) is 63.6 Å². The van der Waals surface area contributed by atoms with E-state index in [4.69, 9.17) is 14.5 Å². The minimum atomic E-state index is -3.50. The summed E-state index contributed by atoms with van der Waals surface area (Å²) in [6.07, 6.45) is 0.668. The summed E-state index contributed by atoms with van der Waals surface area (Å²) in [4.78, 5) is 7.24. The van der Waals surface area contributed by atoms with E-state index in [1.165, 1.54) is 0 Å². The molecule has 1 aliphatic heterocycles. The molecule has 1 aliphatic rings. The highest BCUT2D eigenvalue weighted by atomic mass is 79.9. The minimum Gasteiger partial charge on any atom is -0.497 e. The van der Waals surface area contributed by atoms with Gasteiger partial charge in [-0.1, -0.05) is 22.0 Å². The molecule has 2 aromatic carbocycles. The van der Waals surface area contributed by atoms with Gasteiger partial charge in [-0.3, -0.25) is 0 Å². The lowest BCUT2D eigenvalue weighted by Gasteiger charge is -2.33. The van der Waals surface area contributed by atoms with Crippen LogP contribution in [-0.2, 0) is 16.4 Å². The molecule has 1 aromatic heterocycles. The lowest BCUT2D eigenvalue weighted by atomic mass is 10.1. The second-order valence-electron chi connectivity index (χ2n) is 7.37. The van der Waals surface area contributed by atoms with E-state index in [0.29, 0.717) is 37.5 Å². The van der Waals surface area contributed by atoms with Crippen molar-refractivity contribution in [2.75, 3.05) is 45.3 Å². The van der Waals surface area contributed by atoms with E-state index < -0.39 is 10.0 Å². The van der Waals surface area contributed by atoms with Gasteiger partial charge in [-0.05, 0) is 35.9 Å². The molecule has 0 saturated carbocycles. The van der Waals surface area contributed by atoms with Gasteiger partial charge < -0.3 is 14.4 Å². The third kappa shape index (κ3) is 5.09. The largest absolute Gasteiger partial charge is 0.497 e. The van der Waals surface area contributed by atoms with Gasteiger partial charge >= 0.3 is 0 Å². The second kappa shape index (κ2) is 9.78. The maximum atomic E-state index is 12.9. The van der Waals surface area contributed by atoms with Gasteiger partial charge in [0.25, 0.3) is 0 Å². The number of anilines is 1. The van der Waals surface area contributed by atoms with Crippen LogP contribution in [0.3, 0.4) is 0 Å². The number of halogens is 1. The Morgan fingerprint density at radius 2 is 1.72 bits per heavy atom. The van der Waals surface area contributed by atoms with E-state index in [9.17, 15) is 8.42 Å². The number of benzene rings is 2. The molecule has 7 nitrogen and oxygen atoms in total. The van der Waals surface area contributed by atoms with Gasteiger partial charge in [0.2, 0.25) is 10.0 Å². The van der Waals surface area contributed by atoms with Gasteiger partial charge in [-0.2, -0.15) is 4.31 Å². The van der Waals surface area contributed by atoms with E-state index in [1.54, 1.807) is 48.1 Å². The molecule has 0 radical (unpaired) electrons. The van der Waals surface area contributed by atoms with Gasteiger partial charge in [-0.15, -0.1) is 11.3 Å². The van der Waals surface area contributed by atoms with Crippen LogP contribution >= 0.6 is 27.3 Å². The molecule has 3 aromatic rings. The predicted molar refractivity (Wildman–Crippen MR) is 130 cm³/mol. The predicted octanol–water partition coefficient (Wildman–Crippen LogP) is 4.02. The number of thiazole rings is 1. The monoisotopic (exact) mass is 537 g/mol. The van der Waals surface area contributed by atoms with Crippen LogP contribution in [0, 0.1) is 0 Å². The molecule has 2 heterocycles. The van der Waals surface area contributed by atoms with E-state index in [-0.39, 0.29) is 0 Å². The number of hydrogen-bond donors (Lipinski definition) is 0. The van der Waals surface area contributed by atoms with Gasteiger partial charge in [0.15, 0.2) is 5.13 Å². The number of hydrogen-bond acceptors (Lipinski definition) is 7. The van der Waals surface area contributed by atoms with Crippen molar-refractivity contribution < 1.29 is 17.9 Å². The lowest BCUT2D eigenvalue weighted by molar-refractivity contribution is 0.384. The summed E-state index contributed by atoms with van der Waals surface area (Å²) in [7, 11) is -0.233. The van der Waals surface area contributed by atoms with Crippen LogP contribution in [0.4, 0.5) is 5.13 Å². The Hall–Kier alpha value is -2.14. The number of sulfonamides is 1. The highest BCUT2D eigenvalue weighted by molar-refractivity contribution is 9.10. The van der Waals surface area contributed by atoms with Crippen molar-refractivity contribution in [1.82, 2.24) is 9.29 Å². The van der Waals surface area contributed by atoms with Gasteiger partial charge in [0.1, 0.15) is 11.5 Å². The molecule has 32 heavy (non-hydrogen) atoms. The molecule has 0 unspecified atom stereocenters. The first-order valence-electron chi connectivity index (χ1n) is 10.1. The summed E-state index contributed by atoms with van der Waals surface area (Å²) >= 11 is 4.93. The lowest BCUT2D eigenvalue weighted by Crippen LogP contribution is -2.48. The summed E-state index contributed by atoms with van der Waals surface area (Å²) in [6, 6.07) is 12.6. The van der Waals surface area contributed by atoms with E-state index in [0.717, 1.165) is 32.4 Å². The first-order valence-corrected chi connectivity index (χ1v) is 13.2. The van der Waals surface area contributed by atoms with Gasteiger partial charge in [0, 0.05) is 48.5 Å². The van der Waals surface area contributed by atoms with Crippen molar-refractivity contribution in [1.29, 1.82) is 0 Å². The topological polar surface area (TPSA) is 72.0 Å². The highest BCUT2D eigenvalue weighted by Gasteiger charge is 2.29. The minimum absolute atomic E-state index is 0.311. The zero-order valence-electron chi connectivity index (χ0n) is 17.8. The molecule has 0 aliphatic carbocycles. The number of ether oxygens (including phenoxy) is 2. The Morgan fingerprint density at radius 1 is 1.03 bits per heavy atom. The molecule has 10 heteroatoms. The molecule has 4 rings (SSSR count). The molecule has 1 saturated heterocycles. The summed E-state index contributed by atoms with van der Waals surface area (Å²) in [5, 5.41) is 2.96. The maximum absolute atomic E-state index is 12.9. The fourth-order valence-corrected chi connectivity index (χ4v) is 6.49. The smallest absolute Gasteiger partial charge is 0.243 e. The number of piperazine rings is 1. The third-order valence-corrected chi connectivity index (χ3v) is 8.62. The number of aromatic nitrogens is 1. The Balaban J connectivity index is 1.41. The zero-order chi connectivity index (χ0) is 22.7. The summed E-state index contributed by atoms with van der Waals surface area (Å²) < 4.78 is 38.9. The number of rotatable bonds is 7. The molecular formula is C22H24BrN3O4S2. The van der Waals surface area contributed by atoms with Gasteiger partial charge in [0.05, 0.1) is 24.8 Å².